The lowest BCUT2D eigenvalue weighted by atomic mass is 10.1. The number of halogens is 1. The molecule has 0 radical (unpaired) electrons. The van der Waals surface area contributed by atoms with Crippen LogP contribution >= 0.6 is 11.6 Å². The van der Waals surface area contributed by atoms with E-state index < -0.39 is 0 Å². The zero-order valence-electron chi connectivity index (χ0n) is 10.4. The lowest BCUT2D eigenvalue weighted by Gasteiger charge is -2.06. The van der Waals surface area contributed by atoms with Crippen LogP contribution in [0.4, 0.5) is 5.69 Å². The normalized spacial score (nSPS) is 10.2. The number of rotatable bonds is 4. The third kappa shape index (κ3) is 4.00. The highest BCUT2D eigenvalue weighted by atomic mass is 35.5. The van der Waals surface area contributed by atoms with Crippen LogP contribution in [0.3, 0.4) is 0 Å². The number of nitrogen functional groups attached to an aromatic ring is 1. The zero-order chi connectivity index (χ0) is 13.7. The van der Waals surface area contributed by atoms with Gasteiger partial charge in [-0.2, -0.15) is 0 Å². The molecule has 2 aromatic carbocycles. The van der Waals surface area contributed by atoms with Gasteiger partial charge in [-0.3, -0.25) is 4.79 Å². The SMILES string of the molecule is Nc1ccc(C(=O)NCCc2ccc(Cl)cc2)cc1. The summed E-state index contributed by atoms with van der Waals surface area (Å²) >= 11 is 5.81. The number of amides is 1. The number of nitrogens with one attached hydrogen (secondary N) is 1. The summed E-state index contributed by atoms with van der Waals surface area (Å²) in [5.41, 5.74) is 7.98. The topological polar surface area (TPSA) is 55.1 Å². The maximum absolute atomic E-state index is 11.8. The van der Waals surface area contributed by atoms with Crippen molar-refractivity contribution < 1.29 is 4.79 Å². The zero-order valence-corrected chi connectivity index (χ0v) is 11.2. The van der Waals surface area contributed by atoms with Gasteiger partial charge in [0.2, 0.25) is 0 Å². The van der Waals surface area contributed by atoms with Crippen molar-refractivity contribution >= 4 is 23.2 Å². The second-order valence-electron chi connectivity index (χ2n) is 4.25. The van der Waals surface area contributed by atoms with Gasteiger partial charge in [0, 0.05) is 22.8 Å². The minimum atomic E-state index is -0.0889. The molecule has 0 aliphatic carbocycles. The first-order valence-corrected chi connectivity index (χ1v) is 6.41. The highest BCUT2D eigenvalue weighted by molar-refractivity contribution is 6.30. The highest BCUT2D eigenvalue weighted by Crippen LogP contribution is 2.10. The van der Waals surface area contributed by atoms with E-state index in [1.807, 2.05) is 24.3 Å². The van der Waals surface area contributed by atoms with Crippen LogP contribution in [0.2, 0.25) is 5.02 Å². The molecule has 19 heavy (non-hydrogen) atoms. The van der Waals surface area contributed by atoms with Crippen molar-refractivity contribution in [1.29, 1.82) is 0 Å². The standard InChI is InChI=1S/C15H15ClN2O/c16-13-5-1-11(2-6-13)9-10-18-15(19)12-3-7-14(17)8-4-12/h1-8H,9-10,17H2,(H,18,19). The Hall–Kier alpha value is -2.00. The fraction of sp³-hybridized carbons (Fsp3) is 0.133. The van der Waals surface area contributed by atoms with Gasteiger partial charge in [-0.1, -0.05) is 23.7 Å². The minimum Gasteiger partial charge on any atom is -0.399 e. The van der Waals surface area contributed by atoms with Crippen LogP contribution in [0.5, 0.6) is 0 Å². The summed E-state index contributed by atoms with van der Waals surface area (Å²) < 4.78 is 0. The fourth-order valence-corrected chi connectivity index (χ4v) is 1.83. The van der Waals surface area contributed by atoms with Crippen molar-refractivity contribution in [3.05, 3.63) is 64.7 Å². The maximum atomic E-state index is 11.8. The van der Waals surface area contributed by atoms with Gasteiger partial charge in [-0.15, -0.1) is 0 Å². The number of carbonyl (C=O) groups excluding carboxylic acids is 1. The molecule has 4 heteroatoms. The summed E-state index contributed by atoms with van der Waals surface area (Å²) in [6.45, 7) is 0.588. The predicted molar refractivity (Wildman–Crippen MR) is 78.3 cm³/mol. The molecule has 2 rings (SSSR count). The number of anilines is 1. The quantitative estimate of drug-likeness (QED) is 0.843. The van der Waals surface area contributed by atoms with Gasteiger partial charge in [-0.05, 0) is 48.4 Å². The van der Waals surface area contributed by atoms with E-state index in [1.54, 1.807) is 24.3 Å². The van der Waals surface area contributed by atoms with Gasteiger partial charge in [0.1, 0.15) is 0 Å². The van der Waals surface area contributed by atoms with Gasteiger partial charge in [0.05, 0.1) is 0 Å². The highest BCUT2D eigenvalue weighted by Gasteiger charge is 2.04. The van der Waals surface area contributed by atoms with E-state index in [1.165, 1.54) is 0 Å². The maximum Gasteiger partial charge on any atom is 0.251 e. The van der Waals surface area contributed by atoms with E-state index in [-0.39, 0.29) is 5.91 Å². The van der Waals surface area contributed by atoms with E-state index in [4.69, 9.17) is 17.3 Å². The van der Waals surface area contributed by atoms with Gasteiger partial charge in [0.15, 0.2) is 0 Å². The molecule has 0 bridgehead atoms. The van der Waals surface area contributed by atoms with Crippen LogP contribution in [0.15, 0.2) is 48.5 Å². The van der Waals surface area contributed by atoms with Gasteiger partial charge in [-0.25, -0.2) is 0 Å². The summed E-state index contributed by atoms with van der Waals surface area (Å²) in [6.07, 6.45) is 0.776. The first-order chi connectivity index (χ1) is 9.15. The molecule has 0 aliphatic heterocycles. The number of benzene rings is 2. The second-order valence-corrected chi connectivity index (χ2v) is 4.69. The van der Waals surface area contributed by atoms with Gasteiger partial charge < -0.3 is 11.1 Å². The van der Waals surface area contributed by atoms with Crippen LogP contribution < -0.4 is 11.1 Å². The molecule has 0 aliphatic rings. The molecule has 3 N–H and O–H groups in total. The molecule has 0 spiro atoms. The second kappa shape index (κ2) is 6.25. The molecule has 1 amide bonds. The molecule has 0 atom stereocenters. The van der Waals surface area contributed by atoms with Crippen molar-refractivity contribution in [2.24, 2.45) is 0 Å². The fourth-order valence-electron chi connectivity index (χ4n) is 1.71. The minimum absolute atomic E-state index is 0.0889. The average molecular weight is 275 g/mol. The van der Waals surface area contributed by atoms with Crippen LogP contribution in [-0.4, -0.2) is 12.5 Å². The number of hydrogen-bond donors (Lipinski definition) is 2. The van der Waals surface area contributed by atoms with E-state index in [9.17, 15) is 4.79 Å². The Bertz CT molecular complexity index is 549. The average Bonchev–Trinajstić information content (AvgIpc) is 2.41. The van der Waals surface area contributed by atoms with Crippen LogP contribution in [0.1, 0.15) is 15.9 Å². The molecule has 3 nitrogen and oxygen atoms in total. The lowest BCUT2D eigenvalue weighted by Crippen LogP contribution is -2.25. The summed E-state index contributed by atoms with van der Waals surface area (Å²) in [5, 5.41) is 3.59. The summed E-state index contributed by atoms with van der Waals surface area (Å²) in [4.78, 5) is 11.8. The third-order valence-electron chi connectivity index (χ3n) is 2.79. The molecule has 98 valence electrons. The number of nitrogens with two attached hydrogens (primary N) is 1. The molecule has 0 saturated carbocycles. The van der Waals surface area contributed by atoms with Crippen molar-refractivity contribution in [3.8, 4) is 0 Å². The molecule has 0 saturated heterocycles. The van der Waals surface area contributed by atoms with E-state index in [2.05, 4.69) is 5.32 Å². The Morgan fingerprint density at radius 1 is 1.05 bits per heavy atom. The van der Waals surface area contributed by atoms with Gasteiger partial charge in [0.25, 0.3) is 5.91 Å². The Kier molecular flexibility index (Phi) is 4.42. The molecule has 0 fully saturated rings. The number of hydrogen-bond acceptors (Lipinski definition) is 2. The Morgan fingerprint density at radius 3 is 2.32 bits per heavy atom. The first kappa shape index (κ1) is 13.4. The first-order valence-electron chi connectivity index (χ1n) is 6.03. The lowest BCUT2D eigenvalue weighted by molar-refractivity contribution is 0.0954. The number of carbonyl (C=O) groups is 1. The molecule has 0 heterocycles. The van der Waals surface area contributed by atoms with Crippen LogP contribution in [0.25, 0.3) is 0 Å². The van der Waals surface area contributed by atoms with Crippen molar-refractivity contribution in [3.63, 3.8) is 0 Å². The van der Waals surface area contributed by atoms with E-state index in [0.717, 1.165) is 17.0 Å². The van der Waals surface area contributed by atoms with E-state index >= 15 is 0 Å². The molecule has 0 unspecified atom stereocenters. The molecule has 2 aromatic rings. The van der Waals surface area contributed by atoms with Crippen LogP contribution in [-0.2, 0) is 6.42 Å². The van der Waals surface area contributed by atoms with E-state index in [0.29, 0.717) is 17.8 Å². The Labute approximate surface area is 117 Å². The molecular formula is C15H15ClN2O. The summed E-state index contributed by atoms with van der Waals surface area (Å²) in [6, 6.07) is 14.5. The molecular weight excluding hydrogens is 260 g/mol. The third-order valence-corrected chi connectivity index (χ3v) is 3.04. The predicted octanol–water partition coefficient (Wildman–Crippen LogP) is 2.89. The Morgan fingerprint density at radius 2 is 1.68 bits per heavy atom. The largest absolute Gasteiger partial charge is 0.399 e. The van der Waals surface area contributed by atoms with Crippen molar-refractivity contribution in [2.75, 3.05) is 12.3 Å². The van der Waals surface area contributed by atoms with Crippen molar-refractivity contribution in [1.82, 2.24) is 5.32 Å². The van der Waals surface area contributed by atoms with Crippen LogP contribution in [0, 0.1) is 0 Å². The Balaban J connectivity index is 1.84. The smallest absolute Gasteiger partial charge is 0.251 e. The van der Waals surface area contributed by atoms with Gasteiger partial charge >= 0.3 is 0 Å². The molecule has 0 aromatic heterocycles. The summed E-state index contributed by atoms with van der Waals surface area (Å²) in [5.74, 6) is -0.0889. The summed E-state index contributed by atoms with van der Waals surface area (Å²) in [7, 11) is 0. The van der Waals surface area contributed by atoms with Crippen molar-refractivity contribution in [2.45, 2.75) is 6.42 Å². The monoisotopic (exact) mass is 274 g/mol.